The van der Waals surface area contributed by atoms with E-state index in [-0.39, 0.29) is 23.0 Å². The van der Waals surface area contributed by atoms with Gasteiger partial charge in [-0.15, -0.1) is 0 Å². The number of carbonyl (C=O) groups excluding carboxylic acids is 2. The minimum absolute atomic E-state index is 0.0201. The van der Waals surface area contributed by atoms with Crippen LogP contribution >= 0.6 is 0 Å². The lowest BCUT2D eigenvalue weighted by Crippen LogP contribution is -2.35. The Morgan fingerprint density at radius 3 is 2.26 bits per heavy atom. The van der Waals surface area contributed by atoms with Crippen LogP contribution in [-0.2, 0) is 26.1 Å². The molecule has 184 valence electrons. The van der Waals surface area contributed by atoms with Crippen molar-refractivity contribution >= 4 is 27.6 Å². The number of hydrogen-bond acceptors (Lipinski definition) is 5. The van der Waals surface area contributed by atoms with E-state index in [0.29, 0.717) is 5.69 Å². The van der Waals surface area contributed by atoms with E-state index >= 15 is 0 Å². The average molecular weight is 495 g/mol. The zero-order valence-corrected chi connectivity index (χ0v) is 20.7. The second kappa shape index (κ2) is 12.2. The van der Waals surface area contributed by atoms with Crippen LogP contribution in [0, 0.1) is 0 Å². The van der Waals surface area contributed by atoms with Crippen molar-refractivity contribution in [2.45, 2.75) is 44.2 Å². The molecule has 1 unspecified atom stereocenters. The summed E-state index contributed by atoms with van der Waals surface area (Å²) in [6, 6.07) is 23.7. The van der Waals surface area contributed by atoms with Gasteiger partial charge < -0.3 is 10.1 Å². The Balaban J connectivity index is 1.81. The maximum atomic E-state index is 13.7. The molecular formula is C27H30N2O5S. The number of para-hydroxylation sites is 1. The topological polar surface area (TPSA) is 92.8 Å². The molecule has 0 fully saturated rings. The highest BCUT2D eigenvalue weighted by atomic mass is 32.2. The summed E-state index contributed by atoms with van der Waals surface area (Å²) in [5.74, 6) is -1.17. The predicted octanol–water partition coefficient (Wildman–Crippen LogP) is 4.54. The van der Waals surface area contributed by atoms with Gasteiger partial charge in [-0.2, -0.15) is 0 Å². The lowest BCUT2D eigenvalue weighted by atomic mass is 10.2. The largest absolute Gasteiger partial charge is 0.452 e. The van der Waals surface area contributed by atoms with E-state index in [2.05, 4.69) is 5.32 Å². The smallest absolute Gasteiger partial charge is 0.338 e. The lowest BCUT2D eigenvalue weighted by molar-refractivity contribution is -0.124. The Labute approximate surface area is 206 Å². The van der Waals surface area contributed by atoms with Crippen LogP contribution in [0.15, 0.2) is 89.8 Å². The number of anilines is 1. The van der Waals surface area contributed by atoms with Gasteiger partial charge in [-0.1, -0.05) is 67.9 Å². The molecule has 35 heavy (non-hydrogen) atoms. The molecule has 0 aliphatic heterocycles. The Kier molecular flexibility index (Phi) is 9.03. The van der Waals surface area contributed by atoms with Crippen molar-refractivity contribution in [1.82, 2.24) is 5.32 Å². The minimum Gasteiger partial charge on any atom is -0.452 e. The number of benzene rings is 3. The molecular weight excluding hydrogens is 464 g/mol. The maximum absolute atomic E-state index is 13.7. The zero-order chi connectivity index (χ0) is 25.3. The van der Waals surface area contributed by atoms with Gasteiger partial charge in [0.15, 0.2) is 6.61 Å². The highest BCUT2D eigenvalue weighted by molar-refractivity contribution is 7.92. The molecule has 0 bridgehead atoms. The summed E-state index contributed by atoms with van der Waals surface area (Å²) in [5.41, 5.74) is 1.37. The van der Waals surface area contributed by atoms with Gasteiger partial charge in [-0.05, 0) is 49.2 Å². The standard InChI is InChI=1S/C27H30N2O5S/c1-3-11-21(2)28-26(30)20-34-27(31)23-14-10-17-25(18-23)35(32,33)29(24-15-8-5-9-16-24)19-22-12-6-4-7-13-22/h4-10,12-18,21H,3,11,19-20H2,1-2H3,(H,28,30). The van der Waals surface area contributed by atoms with Gasteiger partial charge in [0.25, 0.3) is 15.9 Å². The van der Waals surface area contributed by atoms with Gasteiger partial charge >= 0.3 is 5.97 Å². The van der Waals surface area contributed by atoms with Crippen LogP contribution in [-0.4, -0.2) is 32.9 Å². The summed E-state index contributed by atoms with van der Waals surface area (Å²) < 4.78 is 33.8. The number of hydrogen-bond donors (Lipinski definition) is 1. The Morgan fingerprint density at radius 2 is 1.60 bits per heavy atom. The first-order chi connectivity index (χ1) is 16.8. The first-order valence-electron chi connectivity index (χ1n) is 11.5. The van der Waals surface area contributed by atoms with Crippen LogP contribution in [0.1, 0.15) is 42.6 Å². The molecule has 3 aromatic carbocycles. The molecule has 7 nitrogen and oxygen atoms in total. The molecule has 0 aromatic heterocycles. The van der Waals surface area contributed by atoms with Gasteiger partial charge in [0.1, 0.15) is 0 Å². The van der Waals surface area contributed by atoms with Crippen LogP contribution in [0.2, 0.25) is 0 Å². The highest BCUT2D eigenvalue weighted by Gasteiger charge is 2.26. The molecule has 0 aliphatic carbocycles. The Hall–Kier alpha value is -3.65. The molecule has 0 radical (unpaired) electrons. The molecule has 0 heterocycles. The van der Waals surface area contributed by atoms with Crippen molar-refractivity contribution < 1.29 is 22.7 Å². The van der Waals surface area contributed by atoms with E-state index in [1.165, 1.54) is 28.6 Å². The number of rotatable bonds is 11. The lowest BCUT2D eigenvalue weighted by Gasteiger charge is -2.25. The molecule has 0 saturated heterocycles. The average Bonchev–Trinajstić information content (AvgIpc) is 2.87. The quantitative estimate of drug-likeness (QED) is 0.395. The summed E-state index contributed by atoms with van der Waals surface area (Å²) in [6.45, 7) is 3.58. The molecule has 3 aromatic rings. The molecule has 0 spiro atoms. The third kappa shape index (κ3) is 7.16. The van der Waals surface area contributed by atoms with Crippen molar-refractivity contribution in [3.63, 3.8) is 0 Å². The molecule has 8 heteroatoms. The molecule has 0 aliphatic rings. The third-order valence-corrected chi connectivity index (χ3v) is 7.10. The number of sulfonamides is 1. The number of amides is 1. The van der Waals surface area contributed by atoms with E-state index in [9.17, 15) is 18.0 Å². The second-order valence-electron chi connectivity index (χ2n) is 8.19. The van der Waals surface area contributed by atoms with Crippen molar-refractivity contribution in [1.29, 1.82) is 0 Å². The summed E-state index contributed by atoms with van der Waals surface area (Å²) in [5, 5.41) is 2.76. The van der Waals surface area contributed by atoms with Gasteiger partial charge in [0.2, 0.25) is 0 Å². The molecule has 3 rings (SSSR count). The highest BCUT2D eigenvalue weighted by Crippen LogP contribution is 2.26. The fourth-order valence-electron chi connectivity index (χ4n) is 3.61. The number of carbonyl (C=O) groups is 2. The number of nitrogens with zero attached hydrogens (tertiary/aromatic N) is 1. The maximum Gasteiger partial charge on any atom is 0.338 e. The van der Waals surface area contributed by atoms with Crippen molar-refractivity contribution in [2.24, 2.45) is 0 Å². The van der Waals surface area contributed by atoms with E-state index in [1.54, 1.807) is 24.3 Å². The van der Waals surface area contributed by atoms with E-state index < -0.39 is 28.5 Å². The predicted molar refractivity (Wildman–Crippen MR) is 135 cm³/mol. The summed E-state index contributed by atoms with van der Waals surface area (Å²) in [6.07, 6.45) is 1.74. The van der Waals surface area contributed by atoms with Crippen LogP contribution < -0.4 is 9.62 Å². The second-order valence-corrected chi connectivity index (χ2v) is 10.1. The van der Waals surface area contributed by atoms with Crippen molar-refractivity contribution in [2.75, 3.05) is 10.9 Å². The Bertz CT molecular complexity index is 1230. The normalized spacial score (nSPS) is 11.9. The first kappa shape index (κ1) is 26.0. The molecule has 1 atom stereocenters. The molecule has 1 N–H and O–H groups in total. The fraction of sp³-hybridized carbons (Fsp3) is 0.259. The van der Waals surface area contributed by atoms with Gasteiger partial charge in [0, 0.05) is 6.04 Å². The molecule has 1 amide bonds. The van der Waals surface area contributed by atoms with Crippen molar-refractivity contribution in [3.05, 3.63) is 96.1 Å². The third-order valence-electron chi connectivity index (χ3n) is 5.33. The first-order valence-corrected chi connectivity index (χ1v) is 12.9. The Morgan fingerprint density at radius 1 is 0.943 bits per heavy atom. The number of nitrogens with one attached hydrogen (secondary N) is 1. The minimum atomic E-state index is -4.02. The monoisotopic (exact) mass is 494 g/mol. The summed E-state index contributed by atoms with van der Waals surface area (Å²) >= 11 is 0. The van der Waals surface area contributed by atoms with Crippen LogP contribution in [0.25, 0.3) is 0 Å². The van der Waals surface area contributed by atoms with Crippen LogP contribution in [0.3, 0.4) is 0 Å². The zero-order valence-electron chi connectivity index (χ0n) is 19.9. The van der Waals surface area contributed by atoms with Crippen molar-refractivity contribution in [3.8, 4) is 0 Å². The van der Waals surface area contributed by atoms with E-state index in [4.69, 9.17) is 4.74 Å². The van der Waals surface area contributed by atoms with Gasteiger partial charge in [-0.25, -0.2) is 13.2 Å². The van der Waals surface area contributed by atoms with E-state index in [1.807, 2.05) is 50.2 Å². The SMILES string of the molecule is CCCC(C)NC(=O)COC(=O)c1cccc(S(=O)(=O)N(Cc2ccccc2)c2ccccc2)c1. The van der Waals surface area contributed by atoms with E-state index in [0.717, 1.165) is 18.4 Å². The fourth-order valence-corrected chi connectivity index (χ4v) is 5.10. The van der Waals surface area contributed by atoms with Crippen LogP contribution in [0.4, 0.5) is 5.69 Å². The number of esters is 1. The molecule has 0 saturated carbocycles. The summed E-state index contributed by atoms with van der Waals surface area (Å²) in [7, 11) is -4.02. The van der Waals surface area contributed by atoms with Crippen LogP contribution in [0.5, 0.6) is 0 Å². The van der Waals surface area contributed by atoms with Gasteiger partial charge in [0.05, 0.1) is 22.7 Å². The summed E-state index contributed by atoms with van der Waals surface area (Å²) in [4.78, 5) is 24.5. The van der Waals surface area contributed by atoms with Gasteiger partial charge in [-0.3, -0.25) is 9.10 Å². The number of ether oxygens (including phenoxy) is 1.